The van der Waals surface area contributed by atoms with Gasteiger partial charge < -0.3 is 19.9 Å². The van der Waals surface area contributed by atoms with Gasteiger partial charge in [0.15, 0.2) is 0 Å². The molecule has 134 valence electrons. The third kappa shape index (κ3) is 6.40. The zero-order chi connectivity index (χ0) is 18.2. The lowest BCUT2D eigenvalue weighted by atomic mass is 10.2. The number of halogens is 1. The summed E-state index contributed by atoms with van der Waals surface area (Å²) < 4.78 is 6.20. The van der Waals surface area contributed by atoms with Crippen molar-refractivity contribution in [1.82, 2.24) is 9.80 Å². The lowest BCUT2D eigenvalue weighted by molar-refractivity contribution is 0.202. The van der Waals surface area contributed by atoms with E-state index >= 15 is 0 Å². The van der Waals surface area contributed by atoms with Gasteiger partial charge in [-0.2, -0.15) is 0 Å². The number of ether oxygens (including phenoxy) is 1. The maximum atomic E-state index is 12.7. The number of methoxy groups -OCH3 is 1. The zero-order valence-electron chi connectivity index (χ0n) is 14.8. The van der Waals surface area contributed by atoms with E-state index in [9.17, 15) is 4.79 Å². The van der Waals surface area contributed by atoms with Crippen molar-refractivity contribution in [2.75, 3.05) is 39.6 Å². The van der Waals surface area contributed by atoms with Gasteiger partial charge >= 0.3 is 6.03 Å². The van der Waals surface area contributed by atoms with E-state index < -0.39 is 0 Å². The molecule has 0 spiro atoms. The summed E-state index contributed by atoms with van der Waals surface area (Å²) in [6.45, 7) is 1.94. The first kappa shape index (κ1) is 19.3. The standard InChI is InChI=1S/C19H24BrN3O2/c1-22(2)10-11-23(14-15-6-4-9-18(12-15)25-3)19(24)21-17-8-5-7-16(20)13-17/h4-9,12-13H,10-11,14H2,1-3H3,(H,21,24). The van der Waals surface area contributed by atoms with Crippen LogP contribution >= 0.6 is 15.9 Å². The van der Waals surface area contributed by atoms with Crippen LogP contribution in [-0.2, 0) is 6.54 Å². The highest BCUT2D eigenvalue weighted by atomic mass is 79.9. The van der Waals surface area contributed by atoms with E-state index in [4.69, 9.17) is 4.74 Å². The first-order chi connectivity index (χ1) is 12.0. The molecule has 5 nitrogen and oxygen atoms in total. The number of nitrogens with one attached hydrogen (secondary N) is 1. The molecule has 0 bridgehead atoms. The number of hydrogen-bond donors (Lipinski definition) is 1. The van der Waals surface area contributed by atoms with E-state index in [0.29, 0.717) is 13.1 Å². The first-order valence-corrected chi connectivity index (χ1v) is 8.86. The van der Waals surface area contributed by atoms with Crippen molar-refractivity contribution in [3.8, 4) is 5.75 Å². The van der Waals surface area contributed by atoms with Crippen LogP contribution in [0.15, 0.2) is 53.0 Å². The highest BCUT2D eigenvalue weighted by Crippen LogP contribution is 2.18. The molecule has 0 atom stereocenters. The Labute approximate surface area is 157 Å². The van der Waals surface area contributed by atoms with Gasteiger partial charge in [-0.05, 0) is 50.0 Å². The Morgan fingerprint density at radius 2 is 1.88 bits per heavy atom. The van der Waals surface area contributed by atoms with Crippen LogP contribution in [-0.4, -0.2) is 50.1 Å². The molecular formula is C19H24BrN3O2. The van der Waals surface area contributed by atoms with Gasteiger partial charge in [0.1, 0.15) is 5.75 Å². The third-order valence-corrected chi connectivity index (χ3v) is 4.18. The van der Waals surface area contributed by atoms with Crippen molar-refractivity contribution in [3.63, 3.8) is 0 Å². The van der Waals surface area contributed by atoms with E-state index in [1.165, 1.54) is 0 Å². The predicted octanol–water partition coefficient (Wildman–Crippen LogP) is 4.05. The molecule has 0 saturated heterocycles. The fraction of sp³-hybridized carbons (Fsp3) is 0.316. The zero-order valence-corrected chi connectivity index (χ0v) is 16.4. The highest BCUT2D eigenvalue weighted by molar-refractivity contribution is 9.10. The van der Waals surface area contributed by atoms with Gasteiger partial charge in [0, 0.05) is 29.8 Å². The maximum Gasteiger partial charge on any atom is 0.322 e. The van der Waals surface area contributed by atoms with E-state index in [1.54, 1.807) is 12.0 Å². The van der Waals surface area contributed by atoms with Crippen LogP contribution < -0.4 is 10.1 Å². The van der Waals surface area contributed by atoms with Gasteiger partial charge in [0.25, 0.3) is 0 Å². The number of benzene rings is 2. The molecule has 1 N–H and O–H groups in total. The summed E-state index contributed by atoms with van der Waals surface area (Å²) in [5.74, 6) is 0.789. The van der Waals surface area contributed by atoms with E-state index in [-0.39, 0.29) is 6.03 Å². The summed E-state index contributed by atoms with van der Waals surface area (Å²) in [6, 6.07) is 15.2. The Morgan fingerprint density at radius 1 is 1.12 bits per heavy atom. The van der Waals surface area contributed by atoms with Crippen LogP contribution in [0, 0.1) is 0 Å². The smallest absolute Gasteiger partial charge is 0.322 e. The predicted molar refractivity (Wildman–Crippen MR) is 105 cm³/mol. The normalized spacial score (nSPS) is 10.6. The SMILES string of the molecule is COc1cccc(CN(CCN(C)C)C(=O)Nc2cccc(Br)c2)c1. The Morgan fingerprint density at radius 3 is 2.56 bits per heavy atom. The molecule has 0 aliphatic carbocycles. The van der Waals surface area contributed by atoms with Gasteiger partial charge in [-0.25, -0.2) is 4.79 Å². The first-order valence-electron chi connectivity index (χ1n) is 8.07. The minimum absolute atomic E-state index is 0.122. The average Bonchev–Trinajstić information content (AvgIpc) is 2.58. The van der Waals surface area contributed by atoms with Crippen LogP contribution in [0.25, 0.3) is 0 Å². The Kier molecular flexibility index (Phi) is 7.28. The van der Waals surface area contributed by atoms with E-state index in [1.807, 2.05) is 62.6 Å². The summed E-state index contributed by atoms with van der Waals surface area (Å²) in [7, 11) is 5.63. The topological polar surface area (TPSA) is 44.8 Å². The van der Waals surface area contributed by atoms with E-state index in [0.717, 1.165) is 28.0 Å². The molecule has 2 aromatic carbocycles. The van der Waals surface area contributed by atoms with Gasteiger partial charge in [-0.15, -0.1) is 0 Å². The second-order valence-corrected chi connectivity index (χ2v) is 6.93. The summed E-state index contributed by atoms with van der Waals surface area (Å²) in [4.78, 5) is 16.6. The molecule has 0 radical (unpaired) electrons. The Balaban J connectivity index is 2.11. The molecule has 2 amide bonds. The van der Waals surface area contributed by atoms with Gasteiger partial charge in [0.2, 0.25) is 0 Å². The minimum atomic E-state index is -0.122. The molecule has 2 rings (SSSR count). The number of likely N-dealkylation sites (N-methyl/N-ethyl adjacent to an activating group) is 1. The van der Waals surface area contributed by atoms with Gasteiger partial charge in [-0.1, -0.05) is 34.1 Å². The fourth-order valence-electron chi connectivity index (χ4n) is 2.33. The molecular weight excluding hydrogens is 382 g/mol. The van der Waals surface area contributed by atoms with E-state index in [2.05, 4.69) is 26.1 Å². The van der Waals surface area contributed by atoms with Gasteiger partial charge in [-0.3, -0.25) is 0 Å². The molecule has 2 aromatic rings. The molecule has 6 heteroatoms. The van der Waals surface area contributed by atoms with Crippen LogP contribution in [0.4, 0.5) is 10.5 Å². The molecule has 0 aliphatic rings. The molecule has 0 aliphatic heterocycles. The molecule has 25 heavy (non-hydrogen) atoms. The quantitative estimate of drug-likeness (QED) is 0.755. The largest absolute Gasteiger partial charge is 0.497 e. The third-order valence-electron chi connectivity index (χ3n) is 3.69. The number of carbonyl (C=O) groups is 1. The number of amides is 2. The second-order valence-electron chi connectivity index (χ2n) is 6.02. The van der Waals surface area contributed by atoms with Crippen LogP contribution in [0.1, 0.15) is 5.56 Å². The molecule has 0 heterocycles. The summed E-state index contributed by atoms with van der Waals surface area (Å²) >= 11 is 3.42. The number of hydrogen-bond acceptors (Lipinski definition) is 3. The lowest BCUT2D eigenvalue weighted by Gasteiger charge is -2.25. The van der Waals surface area contributed by atoms with Crippen molar-refractivity contribution < 1.29 is 9.53 Å². The van der Waals surface area contributed by atoms with Gasteiger partial charge in [0.05, 0.1) is 7.11 Å². The Bertz CT molecular complexity index is 707. The van der Waals surface area contributed by atoms with Crippen molar-refractivity contribution >= 4 is 27.6 Å². The maximum absolute atomic E-state index is 12.7. The van der Waals surface area contributed by atoms with Crippen LogP contribution in [0.5, 0.6) is 5.75 Å². The van der Waals surface area contributed by atoms with Crippen molar-refractivity contribution in [1.29, 1.82) is 0 Å². The Hall–Kier alpha value is -2.05. The lowest BCUT2D eigenvalue weighted by Crippen LogP contribution is -2.39. The van der Waals surface area contributed by atoms with Crippen molar-refractivity contribution in [2.24, 2.45) is 0 Å². The average molecular weight is 406 g/mol. The summed E-state index contributed by atoms with van der Waals surface area (Å²) in [5.41, 5.74) is 1.79. The number of nitrogens with zero attached hydrogens (tertiary/aromatic N) is 2. The number of carbonyl (C=O) groups excluding carboxylic acids is 1. The summed E-state index contributed by atoms with van der Waals surface area (Å²) in [6.07, 6.45) is 0. The molecule has 0 saturated carbocycles. The number of anilines is 1. The monoisotopic (exact) mass is 405 g/mol. The molecule has 0 unspecified atom stereocenters. The second kappa shape index (κ2) is 9.44. The highest BCUT2D eigenvalue weighted by Gasteiger charge is 2.15. The van der Waals surface area contributed by atoms with Crippen molar-refractivity contribution in [3.05, 3.63) is 58.6 Å². The van der Waals surface area contributed by atoms with Crippen LogP contribution in [0.2, 0.25) is 0 Å². The number of urea groups is 1. The molecule has 0 aromatic heterocycles. The minimum Gasteiger partial charge on any atom is -0.497 e. The van der Waals surface area contributed by atoms with Crippen LogP contribution in [0.3, 0.4) is 0 Å². The fourth-order valence-corrected chi connectivity index (χ4v) is 2.73. The van der Waals surface area contributed by atoms with Crippen molar-refractivity contribution in [2.45, 2.75) is 6.54 Å². The molecule has 0 fully saturated rings. The summed E-state index contributed by atoms with van der Waals surface area (Å²) in [5, 5.41) is 2.96. The number of rotatable bonds is 7.